The lowest BCUT2D eigenvalue weighted by molar-refractivity contribution is 0.155. The Kier molecular flexibility index (Phi) is 2.81. The fraction of sp³-hybridized carbons (Fsp3) is 0.429. The van der Waals surface area contributed by atoms with Crippen LogP contribution in [0.2, 0.25) is 0 Å². The van der Waals surface area contributed by atoms with E-state index < -0.39 is 0 Å². The number of fused-ring (bicyclic) bond motifs is 1. The molecular formula is C14H17NOS. The van der Waals surface area contributed by atoms with Gasteiger partial charge in [-0.05, 0) is 54.6 Å². The van der Waals surface area contributed by atoms with Crippen molar-refractivity contribution in [3.63, 3.8) is 0 Å². The SMILES string of the molecule is CC(c1ccsc1)n1ccc2c1CCCC2O. The minimum absolute atomic E-state index is 0.255. The normalized spacial score (nSPS) is 21.2. The summed E-state index contributed by atoms with van der Waals surface area (Å²) in [5.74, 6) is 0. The van der Waals surface area contributed by atoms with Gasteiger partial charge in [0.2, 0.25) is 0 Å². The molecule has 0 aliphatic heterocycles. The van der Waals surface area contributed by atoms with Crippen LogP contribution in [0, 0.1) is 0 Å². The molecule has 2 atom stereocenters. The van der Waals surface area contributed by atoms with Crippen molar-refractivity contribution in [2.24, 2.45) is 0 Å². The zero-order valence-electron chi connectivity index (χ0n) is 9.97. The summed E-state index contributed by atoms with van der Waals surface area (Å²) >= 11 is 1.74. The fourth-order valence-corrected chi connectivity index (χ4v) is 3.47. The highest BCUT2D eigenvalue weighted by atomic mass is 32.1. The summed E-state index contributed by atoms with van der Waals surface area (Å²) in [6.07, 6.45) is 4.96. The number of aliphatic hydroxyl groups is 1. The number of rotatable bonds is 2. The Bertz CT molecular complexity index is 500. The highest BCUT2D eigenvalue weighted by Gasteiger charge is 2.23. The van der Waals surface area contributed by atoms with E-state index in [2.05, 4.69) is 40.6 Å². The molecule has 2 unspecified atom stereocenters. The van der Waals surface area contributed by atoms with Crippen molar-refractivity contribution < 1.29 is 5.11 Å². The summed E-state index contributed by atoms with van der Waals surface area (Å²) in [7, 11) is 0. The third-order valence-corrected chi connectivity index (χ3v) is 4.45. The maximum Gasteiger partial charge on any atom is 0.0807 e. The molecule has 17 heavy (non-hydrogen) atoms. The Hall–Kier alpha value is -1.06. The van der Waals surface area contributed by atoms with Gasteiger partial charge in [0, 0.05) is 17.5 Å². The Morgan fingerprint density at radius 3 is 3.12 bits per heavy atom. The second-order valence-electron chi connectivity index (χ2n) is 4.77. The lowest BCUT2D eigenvalue weighted by Gasteiger charge is -2.23. The molecule has 0 amide bonds. The summed E-state index contributed by atoms with van der Waals surface area (Å²) in [5, 5.41) is 14.3. The van der Waals surface area contributed by atoms with Crippen molar-refractivity contribution in [1.29, 1.82) is 0 Å². The van der Waals surface area contributed by atoms with Gasteiger partial charge in [-0.25, -0.2) is 0 Å². The number of aliphatic hydroxyl groups excluding tert-OH is 1. The average Bonchev–Trinajstić information content (AvgIpc) is 2.98. The van der Waals surface area contributed by atoms with Gasteiger partial charge in [0.25, 0.3) is 0 Å². The van der Waals surface area contributed by atoms with Gasteiger partial charge in [-0.2, -0.15) is 11.3 Å². The molecular weight excluding hydrogens is 230 g/mol. The predicted molar refractivity (Wildman–Crippen MR) is 70.5 cm³/mol. The molecule has 0 radical (unpaired) electrons. The molecule has 1 aliphatic rings. The van der Waals surface area contributed by atoms with E-state index in [9.17, 15) is 5.11 Å². The van der Waals surface area contributed by atoms with Gasteiger partial charge in [0.15, 0.2) is 0 Å². The van der Waals surface area contributed by atoms with E-state index in [4.69, 9.17) is 0 Å². The maximum absolute atomic E-state index is 9.98. The zero-order chi connectivity index (χ0) is 11.8. The largest absolute Gasteiger partial charge is 0.388 e. The van der Waals surface area contributed by atoms with E-state index in [-0.39, 0.29) is 6.10 Å². The lowest BCUT2D eigenvalue weighted by Crippen LogP contribution is -2.14. The number of hydrogen-bond donors (Lipinski definition) is 1. The summed E-state index contributed by atoms with van der Waals surface area (Å²) in [6, 6.07) is 4.64. The van der Waals surface area contributed by atoms with Crippen molar-refractivity contribution in [2.75, 3.05) is 0 Å². The van der Waals surface area contributed by atoms with Gasteiger partial charge in [-0.1, -0.05) is 0 Å². The molecule has 90 valence electrons. The van der Waals surface area contributed by atoms with Crippen molar-refractivity contribution in [2.45, 2.75) is 38.3 Å². The minimum Gasteiger partial charge on any atom is -0.388 e. The summed E-state index contributed by atoms with van der Waals surface area (Å²) in [5.41, 5.74) is 3.81. The summed E-state index contributed by atoms with van der Waals surface area (Å²) in [4.78, 5) is 0. The standard InChI is InChI=1S/C14H17NOS/c1-10(11-6-8-17-9-11)15-7-5-12-13(15)3-2-4-14(12)16/h5-10,14,16H,2-4H2,1H3. The smallest absolute Gasteiger partial charge is 0.0807 e. The monoisotopic (exact) mass is 247 g/mol. The van der Waals surface area contributed by atoms with Gasteiger partial charge in [-0.15, -0.1) is 0 Å². The molecule has 0 saturated heterocycles. The van der Waals surface area contributed by atoms with Crippen molar-refractivity contribution in [3.8, 4) is 0 Å². The molecule has 2 aromatic rings. The third kappa shape index (κ3) is 1.83. The Labute approximate surface area is 106 Å². The lowest BCUT2D eigenvalue weighted by atomic mass is 9.95. The molecule has 2 nitrogen and oxygen atoms in total. The minimum atomic E-state index is -0.255. The van der Waals surface area contributed by atoms with Crippen molar-refractivity contribution in [1.82, 2.24) is 4.57 Å². The maximum atomic E-state index is 9.98. The second-order valence-corrected chi connectivity index (χ2v) is 5.55. The number of hydrogen-bond acceptors (Lipinski definition) is 2. The first kappa shape index (κ1) is 11.1. The van der Waals surface area contributed by atoms with E-state index in [1.807, 2.05) is 0 Å². The van der Waals surface area contributed by atoms with Gasteiger partial charge in [-0.3, -0.25) is 0 Å². The van der Waals surface area contributed by atoms with Crippen LogP contribution in [0.15, 0.2) is 29.1 Å². The van der Waals surface area contributed by atoms with E-state index in [0.29, 0.717) is 6.04 Å². The van der Waals surface area contributed by atoms with Gasteiger partial charge >= 0.3 is 0 Å². The molecule has 3 rings (SSSR count). The Morgan fingerprint density at radius 2 is 2.35 bits per heavy atom. The van der Waals surface area contributed by atoms with Crippen LogP contribution in [0.1, 0.15) is 48.7 Å². The molecule has 2 heterocycles. The topological polar surface area (TPSA) is 25.2 Å². The van der Waals surface area contributed by atoms with Crippen LogP contribution in [0.5, 0.6) is 0 Å². The Morgan fingerprint density at radius 1 is 1.47 bits per heavy atom. The summed E-state index contributed by atoms with van der Waals surface area (Å²) in [6.45, 7) is 2.23. The van der Waals surface area contributed by atoms with E-state index in [1.54, 1.807) is 11.3 Å². The van der Waals surface area contributed by atoms with Gasteiger partial charge in [0.05, 0.1) is 12.1 Å². The van der Waals surface area contributed by atoms with Crippen LogP contribution in [0.25, 0.3) is 0 Å². The first-order valence-electron chi connectivity index (χ1n) is 6.17. The number of nitrogens with zero attached hydrogens (tertiary/aromatic N) is 1. The number of aromatic nitrogens is 1. The first-order valence-corrected chi connectivity index (χ1v) is 7.11. The highest BCUT2D eigenvalue weighted by Crippen LogP contribution is 2.33. The molecule has 1 aliphatic carbocycles. The number of thiophene rings is 1. The molecule has 1 N–H and O–H groups in total. The van der Waals surface area contributed by atoms with Crippen molar-refractivity contribution in [3.05, 3.63) is 45.9 Å². The Balaban J connectivity index is 1.99. The van der Waals surface area contributed by atoms with Crippen LogP contribution in [-0.2, 0) is 6.42 Å². The molecule has 0 aromatic carbocycles. The average molecular weight is 247 g/mol. The highest BCUT2D eigenvalue weighted by molar-refractivity contribution is 7.07. The van der Waals surface area contributed by atoms with Crippen LogP contribution < -0.4 is 0 Å². The van der Waals surface area contributed by atoms with Crippen LogP contribution in [0.3, 0.4) is 0 Å². The van der Waals surface area contributed by atoms with Gasteiger partial charge < -0.3 is 9.67 Å². The summed E-state index contributed by atoms with van der Waals surface area (Å²) < 4.78 is 2.32. The molecule has 0 bridgehead atoms. The second kappa shape index (κ2) is 4.31. The molecule has 0 saturated carbocycles. The predicted octanol–water partition coefficient (Wildman–Crippen LogP) is 3.53. The first-order chi connectivity index (χ1) is 8.27. The van der Waals surface area contributed by atoms with E-state index >= 15 is 0 Å². The van der Waals surface area contributed by atoms with Gasteiger partial charge in [0.1, 0.15) is 0 Å². The quantitative estimate of drug-likeness (QED) is 0.863. The molecule has 2 aromatic heterocycles. The zero-order valence-corrected chi connectivity index (χ0v) is 10.8. The van der Waals surface area contributed by atoms with Crippen LogP contribution in [-0.4, -0.2) is 9.67 Å². The van der Waals surface area contributed by atoms with Crippen molar-refractivity contribution >= 4 is 11.3 Å². The molecule has 0 spiro atoms. The van der Waals surface area contributed by atoms with Crippen LogP contribution >= 0.6 is 11.3 Å². The molecule has 3 heteroatoms. The third-order valence-electron chi connectivity index (χ3n) is 3.75. The fourth-order valence-electron chi connectivity index (χ4n) is 2.73. The van der Waals surface area contributed by atoms with Crippen LogP contribution in [0.4, 0.5) is 0 Å². The molecule has 0 fully saturated rings. The van der Waals surface area contributed by atoms with E-state index in [0.717, 1.165) is 24.8 Å². The van der Waals surface area contributed by atoms with E-state index in [1.165, 1.54) is 11.3 Å².